The molecule has 0 radical (unpaired) electrons. The third-order valence-electron chi connectivity index (χ3n) is 4.20. The van der Waals surface area contributed by atoms with Crippen LogP contribution in [-0.4, -0.2) is 11.3 Å². The average Bonchev–Trinajstić information content (AvgIpc) is 2.93. The molecule has 2 nitrogen and oxygen atoms in total. The van der Waals surface area contributed by atoms with Gasteiger partial charge >= 0.3 is 6.36 Å². The molecule has 2 aromatic rings. The quantitative estimate of drug-likeness (QED) is 0.827. The Morgan fingerprint density at radius 3 is 2.70 bits per heavy atom. The normalized spacial score (nSPS) is 23.4. The number of aromatic amines is 1. The zero-order valence-electron chi connectivity index (χ0n) is 11.1. The fourth-order valence-corrected chi connectivity index (χ4v) is 3.27. The number of fused-ring (bicyclic) bond motifs is 1. The molecule has 1 N–H and O–H groups in total. The van der Waals surface area contributed by atoms with Crippen molar-refractivity contribution in [2.24, 2.45) is 5.92 Å². The molecule has 1 aromatic carbocycles. The van der Waals surface area contributed by atoms with Gasteiger partial charge in [-0.05, 0) is 29.9 Å². The summed E-state index contributed by atoms with van der Waals surface area (Å²) in [5.41, 5.74) is 1.54. The van der Waals surface area contributed by atoms with Gasteiger partial charge in [0.25, 0.3) is 0 Å². The van der Waals surface area contributed by atoms with Gasteiger partial charge in [-0.3, -0.25) is 0 Å². The Bertz CT molecular complexity index is 617. The van der Waals surface area contributed by atoms with Gasteiger partial charge in [0.05, 0.1) is 5.52 Å². The highest BCUT2D eigenvalue weighted by molar-refractivity contribution is 5.88. The summed E-state index contributed by atoms with van der Waals surface area (Å²) in [4.78, 5) is 2.95. The van der Waals surface area contributed by atoms with Crippen LogP contribution in [0.3, 0.4) is 0 Å². The van der Waals surface area contributed by atoms with Crippen molar-refractivity contribution in [3.8, 4) is 5.75 Å². The Balaban J connectivity index is 2.03. The third-order valence-corrected chi connectivity index (χ3v) is 4.20. The molecule has 1 saturated carbocycles. The van der Waals surface area contributed by atoms with Gasteiger partial charge in [-0.2, -0.15) is 0 Å². The van der Waals surface area contributed by atoms with Gasteiger partial charge in [0.2, 0.25) is 0 Å². The molecule has 0 bridgehead atoms. The Kier molecular flexibility index (Phi) is 3.15. The van der Waals surface area contributed by atoms with E-state index >= 15 is 0 Å². The Morgan fingerprint density at radius 2 is 2.05 bits per heavy atom. The largest absolute Gasteiger partial charge is 0.573 e. The Labute approximate surface area is 114 Å². The SMILES string of the molecule is CC1CCCC1c1c[nH]c2c(OC(F)(F)F)cccc12. The highest BCUT2D eigenvalue weighted by Crippen LogP contribution is 2.43. The molecule has 1 aliphatic carbocycles. The maximum absolute atomic E-state index is 12.4. The van der Waals surface area contributed by atoms with Crippen molar-refractivity contribution in [2.45, 2.75) is 38.5 Å². The maximum atomic E-state index is 12.4. The summed E-state index contributed by atoms with van der Waals surface area (Å²) >= 11 is 0. The molecule has 1 aliphatic rings. The van der Waals surface area contributed by atoms with E-state index in [0.717, 1.165) is 17.4 Å². The smallest absolute Gasteiger partial charge is 0.404 e. The molecule has 1 aromatic heterocycles. The van der Waals surface area contributed by atoms with Crippen LogP contribution >= 0.6 is 0 Å². The van der Waals surface area contributed by atoms with Gasteiger partial charge in [0.1, 0.15) is 0 Å². The van der Waals surface area contributed by atoms with E-state index < -0.39 is 6.36 Å². The van der Waals surface area contributed by atoms with Crippen LogP contribution in [0, 0.1) is 5.92 Å². The minimum absolute atomic E-state index is 0.160. The lowest BCUT2D eigenvalue weighted by Gasteiger charge is -2.15. The number of nitrogens with one attached hydrogen (secondary N) is 1. The number of halogens is 3. The second kappa shape index (κ2) is 4.72. The molecule has 0 spiro atoms. The zero-order chi connectivity index (χ0) is 14.3. The predicted molar refractivity (Wildman–Crippen MR) is 70.7 cm³/mol. The second-order valence-electron chi connectivity index (χ2n) is 5.49. The minimum Gasteiger partial charge on any atom is -0.404 e. The number of hydrogen-bond acceptors (Lipinski definition) is 1. The molecular formula is C15H16F3NO. The monoisotopic (exact) mass is 283 g/mol. The molecule has 2 unspecified atom stereocenters. The highest BCUT2D eigenvalue weighted by atomic mass is 19.4. The summed E-state index contributed by atoms with van der Waals surface area (Å²) in [5, 5.41) is 0.838. The lowest BCUT2D eigenvalue weighted by Crippen LogP contribution is -2.17. The number of H-pyrrole nitrogens is 1. The number of benzene rings is 1. The predicted octanol–water partition coefficient (Wildman–Crippen LogP) is 4.97. The van der Waals surface area contributed by atoms with E-state index in [9.17, 15) is 13.2 Å². The van der Waals surface area contributed by atoms with E-state index in [1.54, 1.807) is 6.07 Å². The van der Waals surface area contributed by atoms with Crippen molar-refractivity contribution in [2.75, 3.05) is 0 Å². The zero-order valence-corrected chi connectivity index (χ0v) is 11.1. The molecule has 3 rings (SSSR count). The molecule has 108 valence electrons. The van der Waals surface area contributed by atoms with Crippen molar-refractivity contribution in [1.29, 1.82) is 0 Å². The van der Waals surface area contributed by atoms with Gasteiger partial charge in [-0.1, -0.05) is 31.9 Å². The van der Waals surface area contributed by atoms with Crippen molar-refractivity contribution >= 4 is 10.9 Å². The van der Waals surface area contributed by atoms with Crippen molar-refractivity contribution in [3.05, 3.63) is 30.0 Å². The Hall–Kier alpha value is -1.65. The first-order valence-corrected chi connectivity index (χ1v) is 6.81. The summed E-state index contributed by atoms with van der Waals surface area (Å²) in [6.45, 7) is 2.20. The summed E-state index contributed by atoms with van der Waals surface area (Å²) in [7, 11) is 0. The van der Waals surface area contributed by atoms with Crippen LogP contribution < -0.4 is 4.74 Å². The van der Waals surface area contributed by atoms with Crippen LogP contribution in [0.1, 0.15) is 37.7 Å². The van der Waals surface area contributed by atoms with Gasteiger partial charge < -0.3 is 9.72 Å². The van der Waals surface area contributed by atoms with Gasteiger partial charge in [0.15, 0.2) is 5.75 Å². The topological polar surface area (TPSA) is 25.0 Å². The van der Waals surface area contributed by atoms with E-state index in [0.29, 0.717) is 17.4 Å². The number of aromatic nitrogens is 1. The lowest BCUT2D eigenvalue weighted by atomic mass is 9.90. The van der Waals surface area contributed by atoms with Crippen LogP contribution in [0.5, 0.6) is 5.75 Å². The van der Waals surface area contributed by atoms with E-state index in [4.69, 9.17) is 0 Å². The number of ether oxygens (including phenoxy) is 1. The third kappa shape index (κ3) is 2.37. The second-order valence-corrected chi connectivity index (χ2v) is 5.49. The van der Waals surface area contributed by atoms with E-state index in [1.165, 1.54) is 18.9 Å². The first-order chi connectivity index (χ1) is 9.46. The van der Waals surface area contributed by atoms with Crippen LogP contribution in [0.4, 0.5) is 13.2 Å². The number of para-hydroxylation sites is 1. The van der Waals surface area contributed by atoms with E-state index in [-0.39, 0.29) is 5.75 Å². The van der Waals surface area contributed by atoms with Crippen LogP contribution in [0.2, 0.25) is 0 Å². The summed E-state index contributed by atoms with van der Waals surface area (Å²) in [6, 6.07) is 4.81. The van der Waals surface area contributed by atoms with Crippen LogP contribution in [0.25, 0.3) is 10.9 Å². The minimum atomic E-state index is -4.67. The molecule has 1 fully saturated rings. The molecule has 0 saturated heterocycles. The number of alkyl halides is 3. The summed E-state index contributed by atoms with van der Waals surface area (Å²) in [5.74, 6) is 0.831. The summed E-state index contributed by atoms with van der Waals surface area (Å²) < 4.78 is 41.3. The lowest BCUT2D eigenvalue weighted by molar-refractivity contribution is -0.274. The molecule has 2 atom stereocenters. The van der Waals surface area contributed by atoms with E-state index in [2.05, 4.69) is 16.6 Å². The molecule has 5 heteroatoms. The fraction of sp³-hybridized carbons (Fsp3) is 0.467. The Morgan fingerprint density at radius 1 is 1.25 bits per heavy atom. The number of hydrogen-bond donors (Lipinski definition) is 1. The molecule has 0 aliphatic heterocycles. The maximum Gasteiger partial charge on any atom is 0.573 e. The molecule has 20 heavy (non-hydrogen) atoms. The first-order valence-electron chi connectivity index (χ1n) is 6.81. The van der Waals surface area contributed by atoms with Gasteiger partial charge in [0, 0.05) is 11.6 Å². The van der Waals surface area contributed by atoms with Gasteiger partial charge in [-0.15, -0.1) is 13.2 Å². The summed E-state index contributed by atoms with van der Waals surface area (Å²) in [6.07, 6.45) is 0.617. The molecule has 1 heterocycles. The van der Waals surface area contributed by atoms with Crippen LogP contribution in [-0.2, 0) is 0 Å². The number of rotatable bonds is 2. The van der Waals surface area contributed by atoms with Crippen molar-refractivity contribution < 1.29 is 17.9 Å². The fourth-order valence-electron chi connectivity index (χ4n) is 3.27. The van der Waals surface area contributed by atoms with Crippen molar-refractivity contribution in [1.82, 2.24) is 4.98 Å². The van der Waals surface area contributed by atoms with Gasteiger partial charge in [-0.25, -0.2) is 0 Å². The van der Waals surface area contributed by atoms with Crippen molar-refractivity contribution in [3.63, 3.8) is 0 Å². The first kappa shape index (κ1) is 13.3. The highest BCUT2D eigenvalue weighted by Gasteiger charge is 2.33. The average molecular weight is 283 g/mol. The van der Waals surface area contributed by atoms with Crippen LogP contribution in [0.15, 0.2) is 24.4 Å². The standard InChI is InChI=1S/C15H16F3NO/c1-9-4-2-5-10(9)12-8-19-14-11(12)6-3-7-13(14)20-15(16,17)18/h3,6-10,19H,2,4-5H2,1H3. The van der Waals surface area contributed by atoms with E-state index in [1.807, 2.05) is 12.3 Å². The molecule has 0 amide bonds. The molecular weight excluding hydrogens is 267 g/mol.